The topological polar surface area (TPSA) is 47.9 Å². The maximum absolute atomic E-state index is 6.06. The molecule has 2 aromatic heterocycles. The maximum atomic E-state index is 6.06. The van der Waals surface area contributed by atoms with E-state index in [1.54, 1.807) is 13.1 Å². The Labute approximate surface area is 121 Å². The maximum Gasteiger partial charge on any atom is 0.227 e. The number of hydrogen-bond donors (Lipinski definition) is 0. The number of fused-ring (bicyclic) bond motifs is 1. The molecule has 0 amide bonds. The van der Waals surface area contributed by atoms with E-state index in [4.69, 9.17) is 16.3 Å². The van der Waals surface area contributed by atoms with E-state index in [9.17, 15) is 0 Å². The summed E-state index contributed by atoms with van der Waals surface area (Å²) in [6.45, 7) is 3.61. The van der Waals surface area contributed by atoms with Gasteiger partial charge in [0.15, 0.2) is 5.75 Å². The molecule has 0 saturated heterocycles. The molecule has 0 aliphatic heterocycles. The normalized spacial score (nSPS) is 10.8. The van der Waals surface area contributed by atoms with Gasteiger partial charge >= 0.3 is 0 Å². The van der Waals surface area contributed by atoms with Crippen LogP contribution >= 0.6 is 11.6 Å². The summed E-state index contributed by atoms with van der Waals surface area (Å²) < 4.78 is 5.89. The van der Waals surface area contributed by atoms with Gasteiger partial charge in [0.2, 0.25) is 5.88 Å². The quantitative estimate of drug-likeness (QED) is 0.666. The number of nitrogens with zero attached hydrogens (tertiary/aromatic N) is 3. The fourth-order valence-corrected chi connectivity index (χ4v) is 2.14. The van der Waals surface area contributed by atoms with E-state index < -0.39 is 0 Å². The number of aryl methyl sites for hydroxylation is 1. The Morgan fingerprint density at radius 1 is 1.05 bits per heavy atom. The molecule has 100 valence electrons. The van der Waals surface area contributed by atoms with Crippen molar-refractivity contribution in [2.75, 3.05) is 0 Å². The lowest BCUT2D eigenvalue weighted by Gasteiger charge is -2.10. The van der Waals surface area contributed by atoms with Crippen LogP contribution in [0.25, 0.3) is 10.9 Å². The van der Waals surface area contributed by atoms with Crippen molar-refractivity contribution in [3.8, 4) is 11.6 Å². The minimum Gasteiger partial charge on any atom is -0.436 e. The molecule has 20 heavy (non-hydrogen) atoms. The molecule has 2 heterocycles. The summed E-state index contributed by atoms with van der Waals surface area (Å²) >= 11 is 6.06. The van der Waals surface area contributed by atoms with E-state index in [1.165, 1.54) is 0 Å². The molecule has 0 N–H and O–H groups in total. The zero-order valence-corrected chi connectivity index (χ0v) is 11.8. The zero-order chi connectivity index (χ0) is 14.1. The van der Waals surface area contributed by atoms with Crippen LogP contribution in [0.1, 0.15) is 11.4 Å². The molecule has 4 nitrogen and oxygen atoms in total. The van der Waals surface area contributed by atoms with E-state index in [0.29, 0.717) is 28.2 Å². The zero-order valence-electron chi connectivity index (χ0n) is 11.1. The molecule has 0 aliphatic rings. The van der Waals surface area contributed by atoms with Crippen molar-refractivity contribution in [3.05, 3.63) is 53.1 Å². The molecule has 0 unspecified atom stereocenters. The first-order valence-corrected chi connectivity index (χ1v) is 6.55. The van der Waals surface area contributed by atoms with Crippen LogP contribution in [0.15, 0.2) is 36.5 Å². The smallest absolute Gasteiger partial charge is 0.227 e. The second-order valence-corrected chi connectivity index (χ2v) is 4.78. The predicted molar refractivity (Wildman–Crippen MR) is 78.3 cm³/mol. The van der Waals surface area contributed by atoms with E-state index >= 15 is 0 Å². The highest BCUT2D eigenvalue weighted by molar-refractivity contribution is 6.30. The fraction of sp³-hybridized carbons (Fsp3) is 0.133. The van der Waals surface area contributed by atoms with Gasteiger partial charge in [0.25, 0.3) is 0 Å². The van der Waals surface area contributed by atoms with Gasteiger partial charge in [0.1, 0.15) is 16.5 Å². The molecule has 0 saturated carbocycles. The highest BCUT2D eigenvalue weighted by Crippen LogP contribution is 2.30. The standard InChI is InChI=1S/C15H12ClN3O/c1-9-14(16)18-10(2)19-15(9)20-12-7-3-5-11-6-4-8-17-13(11)12/h3-8H,1-2H3. The first-order valence-electron chi connectivity index (χ1n) is 6.17. The first-order chi connectivity index (χ1) is 9.65. The molecule has 0 bridgehead atoms. The van der Waals surface area contributed by atoms with Crippen LogP contribution in [0, 0.1) is 13.8 Å². The van der Waals surface area contributed by atoms with Crippen LogP contribution in [0.3, 0.4) is 0 Å². The van der Waals surface area contributed by atoms with E-state index in [0.717, 1.165) is 10.9 Å². The van der Waals surface area contributed by atoms with Crippen LogP contribution in [0.5, 0.6) is 11.6 Å². The van der Waals surface area contributed by atoms with Gasteiger partial charge in [-0.2, -0.15) is 4.98 Å². The average Bonchev–Trinajstić information content (AvgIpc) is 2.44. The summed E-state index contributed by atoms with van der Waals surface area (Å²) in [5, 5.41) is 1.42. The van der Waals surface area contributed by atoms with Gasteiger partial charge in [0, 0.05) is 17.1 Å². The van der Waals surface area contributed by atoms with Crippen LogP contribution in [-0.4, -0.2) is 15.0 Å². The summed E-state index contributed by atoms with van der Waals surface area (Å²) in [5.41, 5.74) is 1.51. The molecule has 3 aromatic rings. The lowest BCUT2D eigenvalue weighted by Crippen LogP contribution is -1.98. The molecule has 0 radical (unpaired) electrons. The summed E-state index contributed by atoms with van der Waals surface area (Å²) in [6.07, 6.45) is 1.74. The Balaban J connectivity index is 2.10. The molecule has 5 heteroatoms. The molecule has 0 spiro atoms. The molecule has 0 fully saturated rings. The minimum atomic E-state index is 0.403. The summed E-state index contributed by atoms with van der Waals surface area (Å²) in [7, 11) is 0. The predicted octanol–water partition coefficient (Wildman–Crippen LogP) is 4.09. The molecular formula is C15H12ClN3O. The number of aromatic nitrogens is 3. The van der Waals surface area contributed by atoms with Gasteiger partial charge in [-0.25, -0.2) is 4.98 Å². The second kappa shape index (κ2) is 5.06. The molecule has 0 aliphatic carbocycles. The summed E-state index contributed by atoms with van der Waals surface area (Å²) in [6, 6.07) is 9.65. The number of benzene rings is 1. The molecule has 0 atom stereocenters. The Kier molecular flexibility index (Phi) is 3.24. The monoisotopic (exact) mass is 285 g/mol. The number of pyridine rings is 1. The van der Waals surface area contributed by atoms with Crippen molar-refractivity contribution in [2.45, 2.75) is 13.8 Å². The Morgan fingerprint density at radius 3 is 2.70 bits per heavy atom. The van der Waals surface area contributed by atoms with Gasteiger partial charge in [-0.1, -0.05) is 29.8 Å². The largest absolute Gasteiger partial charge is 0.436 e. The van der Waals surface area contributed by atoms with Crippen molar-refractivity contribution in [1.82, 2.24) is 15.0 Å². The van der Waals surface area contributed by atoms with Gasteiger partial charge in [-0.3, -0.25) is 4.98 Å². The summed E-state index contributed by atoms with van der Waals surface area (Å²) in [5.74, 6) is 1.69. The SMILES string of the molecule is Cc1nc(Cl)c(C)c(Oc2cccc3cccnc23)n1. The number of para-hydroxylation sites is 1. The van der Waals surface area contributed by atoms with Crippen LogP contribution in [0.4, 0.5) is 0 Å². The third-order valence-electron chi connectivity index (χ3n) is 2.96. The Bertz CT molecular complexity index is 784. The van der Waals surface area contributed by atoms with E-state index in [2.05, 4.69) is 15.0 Å². The number of hydrogen-bond acceptors (Lipinski definition) is 4. The second-order valence-electron chi connectivity index (χ2n) is 4.43. The van der Waals surface area contributed by atoms with Crippen LogP contribution in [-0.2, 0) is 0 Å². The number of ether oxygens (including phenoxy) is 1. The van der Waals surface area contributed by atoms with Crippen molar-refractivity contribution >= 4 is 22.5 Å². The van der Waals surface area contributed by atoms with Crippen molar-refractivity contribution in [2.24, 2.45) is 0 Å². The average molecular weight is 286 g/mol. The van der Waals surface area contributed by atoms with Gasteiger partial charge in [0.05, 0.1) is 0 Å². The first kappa shape index (κ1) is 12.8. The number of rotatable bonds is 2. The van der Waals surface area contributed by atoms with Gasteiger partial charge in [-0.05, 0) is 26.0 Å². The summed E-state index contributed by atoms with van der Waals surface area (Å²) in [4.78, 5) is 12.7. The molecular weight excluding hydrogens is 274 g/mol. The van der Waals surface area contributed by atoms with Crippen molar-refractivity contribution in [3.63, 3.8) is 0 Å². The fourth-order valence-electron chi connectivity index (χ4n) is 1.93. The third-order valence-corrected chi connectivity index (χ3v) is 3.32. The Morgan fingerprint density at radius 2 is 1.85 bits per heavy atom. The van der Waals surface area contributed by atoms with Crippen molar-refractivity contribution < 1.29 is 4.74 Å². The minimum absolute atomic E-state index is 0.403. The highest BCUT2D eigenvalue weighted by Gasteiger charge is 2.11. The van der Waals surface area contributed by atoms with Crippen LogP contribution < -0.4 is 4.74 Å². The number of halogens is 1. The van der Waals surface area contributed by atoms with E-state index in [-0.39, 0.29) is 0 Å². The van der Waals surface area contributed by atoms with Gasteiger partial charge < -0.3 is 4.74 Å². The molecule has 3 rings (SSSR count). The van der Waals surface area contributed by atoms with E-state index in [1.807, 2.05) is 37.3 Å². The lowest BCUT2D eigenvalue weighted by atomic mass is 10.2. The van der Waals surface area contributed by atoms with Crippen LogP contribution in [0.2, 0.25) is 5.15 Å². The third kappa shape index (κ3) is 2.30. The van der Waals surface area contributed by atoms with Gasteiger partial charge in [-0.15, -0.1) is 0 Å². The Hall–Kier alpha value is -2.20. The van der Waals surface area contributed by atoms with Crippen molar-refractivity contribution in [1.29, 1.82) is 0 Å². The lowest BCUT2D eigenvalue weighted by molar-refractivity contribution is 0.459. The highest BCUT2D eigenvalue weighted by atomic mass is 35.5. The molecule has 1 aromatic carbocycles.